The maximum Gasteiger partial charge on any atom is 0.433 e. The number of hydrogen-bond donors (Lipinski definition) is 2. The summed E-state index contributed by atoms with van der Waals surface area (Å²) in [4.78, 5) is 3.34. The number of aromatic amines is 1. The zero-order valence-corrected chi connectivity index (χ0v) is 8.62. The Bertz CT molecular complexity index is 461. The van der Waals surface area contributed by atoms with E-state index >= 15 is 0 Å². The second-order valence-electron chi connectivity index (χ2n) is 3.37. The van der Waals surface area contributed by atoms with Crippen molar-refractivity contribution in [1.29, 1.82) is 0 Å². The van der Waals surface area contributed by atoms with Crippen LogP contribution in [0.15, 0.2) is 30.6 Å². The molecule has 0 aliphatic carbocycles. The van der Waals surface area contributed by atoms with Crippen LogP contribution >= 0.6 is 0 Å². The van der Waals surface area contributed by atoms with E-state index in [1.54, 1.807) is 12.3 Å². The first-order valence-corrected chi connectivity index (χ1v) is 4.81. The van der Waals surface area contributed by atoms with Crippen molar-refractivity contribution in [3.63, 3.8) is 0 Å². The molecule has 0 amide bonds. The molecule has 0 saturated carbocycles. The van der Waals surface area contributed by atoms with Gasteiger partial charge in [-0.2, -0.15) is 18.3 Å². The minimum Gasteiger partial charge on any atom is -0.378 e. The predicted octanol–water partition coefficient (Wildman–Crippen LogP) is 2.44. The normalized spacial score (nSPS) is 11.5. The van der Waals surface area contributed by atoms with E-state index in [1.807, 2.05) is 0 Å². The summed E-state index contributed by atoms with van der Waals surface area (Å²) in [6.45, 7) is 0.451. The summed E-state index contributed by atoms with van der Waals surface area (Å²) < 4.78 is 36.7. The van der Waals surface area contributed by atoms with E-state index in [9.17, 15) is 13.2 Å². The second kappa shape index (κ2) is 4.44. The Balaban J connectivity index is 1.99. The summed E-state index contributed by atoms with van der Waals surface area (Å²) in [6.07, 6.45) is -1.65. The van der Waals surface area contributed by atoms with Crippen LogP contribution < -0.4 is 5.32 Å². The Morgan fingerprint density at radius 2 is 2.06 bits per heavy atom. The molecule has 0 radical (unpaired) electrons. The molecule has 2 heterocycles. The topological polar surface area (TPSA) is 53.6 Å². The van der Waals surface area contributed by atoms with E-state index in [-0.39, 0.29) is 0 Å². The standard InChI is InChI=1S/C10H9F3N4/c11-10(12,13)9-2-1-7(5-15-9)14-6-8-3-4-16-17-8/h1-5,14H,6H2,(H,16,17). The van der Waals surface area contributed by atoms with E-state index in [0.717, 1.165) is 18.0 Å². The molecular weight excluding hydrogens is 233 g/mol. The van der Waals surface area contributed by atoms with Crippen molar-refractivity contribution >= 4 is 5.69 Å². The Morgan fingerprint density at radius 1 is 1.24 bits per heavy atom. The molecule has 90 valence electrons. The fourth-order valence-electron chi connectivity index (χ4n) is 1.25. The zero-order valence-electron chi connectivity index (χ0n) is 8.62. The number of aromatic nitrogens is 3. The van der Waals surface area contributed by atoms with Crippen LogP contribution in [-0.4, -0.2) is 15.2 Å². The quantitative estimate of drug-likeness (QED) is 0.869. The maximum atomic E-state index is 12.2. The number of pyridine rings is 1. The van der Waals surface area contributed by atoms with Gasteiger partial charge in [0.2, 0.25) is 0 Å². The van der Waals surface area contributed by atoms with E-state index in [2.05, 4.69) is 20.5 Å². The van der Waals surface area contributed by atoms with Gasteiger partial charge >= 0.3 is 6.18 Å². The van der Waals surface area contributed by atoms with Crippen LogP contribution in [0.2, 0.25) is 0 Å². The molecule has 0 bridgehead atoms. The molecule has 0 aliphatic rings. The van der Waals surface area contributed by atoms with Crippen LogP contribution in [-0.2, 0) is 12.7 Å². The number of hydrogen-bond acceptors (Lipinski definition) is 3. The molecule has 7 heteroatoms. The summed E-state index contributed by atoms with van der Waals surface area (Å²) in [5.74, 6) is 0. The zero-order chi connectivity index (χ0) is 12.3. The molecule has 2 rings (SSSR count). The third-order valence-corrected chi connectivity index (χ3v) is 2.10. The van der Waals surface area contributed by atoms with E-state index in [4.69, 9.17) is 0 Å². The highest BCUT2D eigenvalue weighted by Crippen LogP contribution is 2.27. The van der Waals surface area contributed by atoms with E-state index in [0.29, 0.717) is 12.2 Å². The van der Waals surface area contributed by atoms with Gasteiger partial charge in [-0.3, -0.25) is 5.10 Å². The largest absolute Gasteiger partial charge is 0.433 e. The minimum atomic E-state index is -4.40. The van der Waals surface area contributed by atoms with Crippen LogP contribution in [0.25, 0.3) is 0 Å². The molecule has 0 unspecified atom stereocenters. The average Bonchev–Trinajstić information content (AvgIpc) is 2.78. The molecule has 0 spiro atoms. The number of halogens is 3. The molecule has 0 atom stereocenters. The first kappa shape index (κ1) is 11.4. The van der Waals surface area contributed by atoms with Crippen molar-refractivity contribution in [3.05, 3.63) is 42.0 Å². The number of H-pyrrole nitrogens is 1. The summed E-state index contributed by atoms with van der Waals surface area (Å²) in [6, 6.07) is 4.05. The molecule has 17 heavy (non-hydrogen) atoms. The van der Waals surface area contributed by atoms with Gasteiger partial charge in [0.15, 0.2) is 0 Å². The van der Waals surface area contributed by atoms with Crippen LogP contribution in [0.5, 0.6) is 0 Å². The van der Waals surface area contributed by atoms with Crippen molar-refractivity contribution in [2.45, 2.75) is 12.7 Å². The van der Waals surface area contributed by atoms with Crippen molar-refractivity contribution < 1.29 is 13.2 Å². The van der Waals surface area contributed by atoms with Crippen molar-refractivity contribution in [3.8, 4) is 0 Å². The Kier molecular flexibility index (Phi) is 2.99. The van der Waals surface area contributed by atoms with Crippen LogP contribution in [0, 0.1) is 0 Å². The van der Waals surface area contributed by atoms with Gasteiger partial charge < -0.3 is 5.32 Å². The highest BCUT2D eigenvalue weighted by molar-refractivity contribution is 5.41. The molecule has 0 aliphatic heterocycles. The molecule has 2 aromatic heterocycles. The molecule has 4 nitrogen and oxygen atoms in total. The maximum absolute atomic E-state index is 12.2. The van der Waals surface area contributed by atoms with Crippen LogP contribution in [0.4, 0.5) is 18.9 Å². The van der Waals surface area contributed by atoms with Gasteiger partial charge in [0, 0.05) is 6.20 Å². The lowest BCUT2D eigenvalue weighted by Crippen LogP contribution is -2.08. The Hall–Kier alpha value is -2.05. The molecule has 2 aromatic rings. The first-order valence-electron chi connectivity index (χ1n) is 4.81. The van der Waals surface area contributed by atoms with Gasteiger partial charge in [0.25, 0.3) is 0 Å². The smallest absolute Gasteiger partial charge is 0.378 e. The number of anilines is 1. The third-order valence-electron chi connectivity index (χ3n) is 2.10. The minimum absolute atomic E-state index is 0.451. The molecule has 0 aromatic carbocycles. The van der Waals surface area contributed by atoms with Gasteiger partial charge in [0.1, 0.15) is 5.69 Å². The lowest BCUT2D eigenvalue weighted by atomic mass is 10.3. The fraction of sp³-hybridized carbons (Fsp3) is 0.200. The number of nitrogens with one attached hydrogen (secondary N) is 2. The Labute approximate surface area is 94.9 Å². The molecular formula is C10H9F3N4. The fourth-order valence-corrected chi connectivity index (χ4v) is 1.25. The van der Waals surface area contributed by atoms with Crippen molar-refractivity contribution in [2.24, 2.45) is 0 Å². The van der Waals surface area contributed by atoms with Crippen molar-refractivity contribution in [1.82, 2.24) is 15.2 Å². The monoisotopic (exact) mass is 242 g/mol. The lowest BCUT2D eigenvalue weighted by molar-refractivity contribution is -0.141. The number of rotatable bonds is 3. The Morgan fingerprint density at radius 3 is 2.59 bits per heavy atom. The third kappa shape index (κ3) is 2.96. The highest BCUT2D eigenvalue weighted by Gasteiger charge is 2.31. The van der Waals surface area contributed by atoms with Gasteiger partial charge in [-0.05, 0) is 18.2 Å². The van der Waals surface area contributed by atoms with Crippen LogP contribution in [0.3, 0.4) is 0 Å². The molecule has 0 saturated heterocycles. The first-order chi connectivity index (χ1) is 8.05. The van der Waals surface area contributed by atoms with Gasteiger partial charge in [-0.25, -0.2) is 4.98 Å². The average molecular weight is 242 g/mol. The SMILES string of the molecule is FC(F)(F)c1ccc(NCc2ccn[nH]2)cn1. The van der Waals surface area contributed by atoms with Crippen molar-refractivity contribution in [2.75, 3.05) is 5.32 Å². The summed E-state index contributed by atoms with van der Waals surface area (Å²) in [5, 5.41) is 9.41. The van der Waals surface area contributed by atoms with Crippen LogP contribution in [0.1, 0.15) is 11.4 Å². The van der Waals surface area contributed by atoms with Gasteiger partial charge in [-0.1, -0.05) is 0 Å². The molecule has 0 fully saturated rings. The highest BCUT2D eigenvalue weighted by atomic mass is 19.4. The summed E-state index contributed by atoms with van der Waals surface area (Å²) in [5.41, 5.74) is 0.460. The molecule has 2 N–H and O–H groups in total. The van der Waals surface area contributed by atoms with Gasteiger partial charge in [-0.15, -0.1) is 0 Å². The summed E-state index contributed by atoms with van der Waals surface area (Å²) in [7, 11) is 0. The van der Waals surface area contributed by atoms with Gasteiger partial charge in [0.05, 0.1) is 24.1 Å². The second-order valence-corrected chi connectivity index (χ2v) is 3.37. The number of nitrogens with zero attached hydrogens (tertiary/aromatic N) is 2. The predicted molar refractivity (Wildman–Crippen MR) is 55.2 cm³/mol. The lowest BCUT2D eigenvalue weighted by Gasteiger charge is -2.07. The van der Waals surface area contributed by atoms with E-state index < -0.39 is 11.9 Å². The number of alkyl halides is 3. The summed E-state index contributed by atoms with van der Waals surface area (Å²) >= 11 is 0. The van der Waals surface area contributed by atoms with E-state index in [1.165, 1.54) is 6.07 Å².